The average molecular weight is 186 g/mol. The number of rotatable bonds is 3. The summed E-state index contributed by atoms with van der Waals surface area (Å²) >= 11 is 0. The molecule has 0 N–H and O–H groups in total. The van der Waals surface area contributed by atoms with Crippen LogP contribution in [-0.2, 0) is 10.7 Å². The van der Waals surface area contributed by atoms with Crippen LogP contribution >= 0.6 is 0 Å². The minimum atomic E-state index is -2.47. The Kier molecular flexibility index (Phi) is 3.10. The predicted molar refractivity (Wildman–Crippen MR) is 46.2 cm³/mol. The van der Waals surface area contributed by atoms with Crippen LogP contribution in [0.4, 0.5) is 0 Å². The van der Waals surface area contributed by atoms with Gasteiger partial charge in [0.05, 0.1) is 11.5 Å². The molecular weight excluding hydrogens is 176 g/mol. The number of hydrogen-bond donors (Lipinski definition) is 1. The van der Waals surface area contributed by atoms with Gasteiger partial charge < -0.3 is 4.74 Å². The van der Waals surface area contributed by atoms with Crippen molar-refractivity contribution >= 4 is 10.7 Å². The second-order valence-electron chi connectivity index (χ2n) is 2.18. The quantitative estimate of drug-likeness (QED) is 0.718. The number of benzene rings is 1. The van der Waals surface area contributed by atoms with Crippen LogP contribution in [0.3, 0.4) is 0 Å². The van der Waals surface area contributed by atoms with Gasteiger partial charge in [-0.15, -0.1) is 0 Å². The maximum Gasteiger partial charge on any atom is 0.168 e. The van der Waals surface area contributed by atoms with Gasteiger partial charge in [0.2, 0.25) is 0 Å². The molecule has 0 fully saturated rings. The Balaban J connectivity index is 2.85. The Morgan fingerprint density at radius 2 is 1.83 bits per heavy atom. The molecule has 0 radical (unpaired) electrons. The first-order chi connectivity index (χ1) is 5.74. The molecule has 1 aromatic rings. The molecule has 0 aliphatic heterocycles. The van der Waals surface area contributed by atoms with Crippen molar-refractivity contribution < 1.29 is 13.2 Å². The van der Waals surface area contributed by atoms with Gasteiger partial charge in [0.25, 0.3) is 0 Å². The van der Waals surface area contributed by atoms with Crippen LogP contribution in [0.1, 0.15) is 6.92 Å². The van der Waals surface area contributed by atoms with Crippen molar-refractivity contribution in [2.24, 2.45) is 0 Å². The molecule has 12 heavy (non-hydrogen) atoms. The highest BCUT2D eigenvalue weighted by Crippen LogP contribution is 2.12. The number of hydrogen-bond acceptors (Lipinski definition) is 3. The van der Waals surface area contributed by atoms with E-state index in [9.17, 15) is 8.42 Å². The van der Waals surface area contributed by atoms with Crippen LogP contribution in [0.5, 0.6) is 5.75 Å². The Morgan fingerprint density at radius 3 is 2.25 bits per heavy atom. The van der Waals surface area contributed by atoms with E-state index in [0.29, 0.717) is 17.3 Å². The third kappa shape index (κ3) is 2.23. The molecular formula is C8H10O3S. The predicted octanol–water partition coefficient (Wildman–Crippen LogP) is 1.06. The van der Waals surface area contributed by atoms with E-state index in [1.54, 1.807) is 12.1 Å². The maximum absolute atomic E-state index is 10.5. The summed E-state index contributed by atoms with van der Waals surface area (Å²) in [6.45, 7) is 2.46. The van der Waals surface area contributed by atoms with Crippen molar-refractivity contribution in [3.05, 3.63) is 24.3 Å². The van der Waals surface area contributed by atoms with Gasteiger partial charge in [0.1, 0.15) is 5.75 Å². The van der Waals surface area contributed by atoms with Crippen molar-refractivity contribution in [3.8, 4) is 5.75 Å². The standard InChI is InChI=1S/C8H10O3S/c1-2-11-7-3-5-8(6-4-7)12(9)10/h3-6,12H,2H2,1H3. The highest BCUT2D eigenvalue weighted by molar-refractivity contribution is 7.72. The summed E-state index contributed by atoms with van der Waals surface area (Å²) in [6, 6.07) is 6.33. The lowest BCUT2D eigenvalue weighted by atomic mass is 10.3. The Labute approximate surface area is 72.9 Å². The van der Waals surface area contributed by atoms with Gasteiger partial charge in [-0.3, -0.25) is 0 Å². The van der Waals surface area contributed by atoms with Crippen molar-refractivity contribution in [3.63, 3.8) is 0 Å². The van der Waals surface area contributed by atoms with Crippen molar-refractivity contribution in [2.75, 3.05) is 6.61 Å². The molecule has 0 aliphatic carbocycles. The second-order valence-corrected chi connectivity index (χ2v) is 3.21. The maximum atomic E-state index is 10.5. The van der Waals surface area contributed by atoms with E-state index < -0.39 is 10.7 Å². The van der Waals surface area contributed by atoms with E-state index in [4.69, 9.17) is 4.74 Å². The molecule has 3 nitrogen and oxygen atoms in total. The third-order valence-electron chi connectivity index (χ3n) is 1.36. The lowest BCUT2D eigenvalue weighted by Gasteiger charge is -2.00. The fraction of sp³-hybridized carbons (Fsp3) is 0.250. The minimum Gasteiger partial charge on any atom is -0.494 e. The van der Waals surface area contributed by atoms with Gasteiger partial charge in [-0.25, -0.2) is 8.42 Å². The molecule has 0 atom stereocenters. The molecule has 4 heteroatoms. The van der Waals surface area contributed by atoms with E-state index >= 15 is 0 Å². The number of thiol groups is 1. The lowest BCUT2D eigenvalue weighted by molar-refractivity contribution is 0.340. The SMILES string of the molecule is CCOc1ccc([SH](=O)=O)cc1. The summed E-state index contributed by atoms with van der Waals surface area (Å²) < 4.78 is 26.1. The molecule has 1 aromatic carbocycles. The molecule has 0 aromatic heterocycles. The van der Waals surface area contributed by atoms with Gasteiger partial charge in [0, 0.05) is 0 Å². The monoisotopic (exact) mass is 186 g/mol. The van der Waals surface area contributed by atoms with Gasteiger partial charge in [0.15, 0.2) is 10.7 Å². The van der Waals surface area contributed by atoms with E-state index in [-0.39, 0.29) is 0 Å². The van der Waals surface area contributed by atoms with Crippen molar-refractivity contribution in [1.29, 1.82) is 0 Å². The van der Waals surface area contributed by atoms with Crippen LogP contribution in [0.2, 0.25) is 0 Å². The first-order valence-electron chi connectivity index (χ1n) is 3.61. The lowest BCUT2D eigenvalue weighted by Crippen LogP contribution is -1.90. The molecule has 0 saturated carbocycles. The van der Waals surface area contributed by atoms with Crippen LogP contribution in [0.25, 0.3) is 0 Å². The normalized spacial score (nSPS) is 10.2. The smallest absolute Gasteiger partial charge is 0.168 e. The zero-order chi connectivity index (χ0) is 8.97. The van der Waals surface area contributed by atoms with Gasteiger partial charge >= 0.3 is 0 Å². The summed E-state index contributed by atoms with van der Waals surface area (Å²) in [6.07, 6.45) is 0. The summed E-state index contributed by atoms with van der Waals surface area (Å²) in [5.41, 5.74) is 0. The molecule has 0 unspecified atom stereocenters. The zero-order valence-corrected chi connectivity index (χ0v) is 7.58. The minimum absolute atomic E-state index is 0.313. The molecule has 0 saturated heterocycles. The molecule has 0 amide bonds. The van der Waals surface area contributed by atoms with E-state index in [1.807, 2.05) is 6.92 Å². The largest absolute Gasteiger partial charge is 0.494 e. The Morgan fingerprint density at radius 1 is 1.25 bits per heavy atom. The van der Waals surface area contributed by atoms with Crippen LogP contribution < -0.4 is 4.74 Å². The summed E-state index contributed by atoms with van der Waals surface area (Å²) in [7, 11) is -2.47. The topological polar surface area (TPSA) is 43.4 Å². The fourth-order valence-corrected chi connectivity index (χ4v) is 1.22. The van der Waals surface area contributed by atoms with Gasteiger partial charge in [-0.1, -0.05) is 0 Å². The Bertz CT molecular complexity index is 306. The van der Waals surface area contributed by atoms with E-state index in [2.05, 4.69) is 0 Å². The second kappa shape index (κ2) is 4.11. The molecule has 1 rings (SSSR count). The van der Waals surface area contributed by atoms with Crippen LogP contribution in [0, 0.1) is 0 Å². The van der Waals surface area contributed by atoms with Crippen LogP contribution in [0.15, 0.2) is 29.2 Å². The van der Waals surface area contributed by atoms with E-state index in [0.717, 1.165) is 0 Å². The summed E-state index contributed by atoms with van der Waals surface area (Å²) in [5.74, 6) is 0.693. The summed E-state index contributed by atoms with van der Waals surface area (Å²) in [4.78, 5) is 0.313. The van der Waals surface area contributed by atoms with Crippen molar-refractivity contribution in [2.45, 2.75) is 11.8 Å². The van der Waals surface area contributed by atoms with E-state index in [1.165, 1.54) is 12.1 Å². The first kappa shape index (κ1) is 9.06. The van der Waals surface area contributed by atoms with Gasteiger partial charge in [-0.05, 0) is 31.2 Å². The van der Waals surface area contributed by atoms with Crippen molar-refractivity contribution in [1.82, 2.24) is 0 Å². The molecule has 0 aliphatic rings. The first-order valence-corrected chi connectivity index (χ1v) is 4.79. The molecule has 66 valence electrons. The highest BCUT2D eigenvalue weighted by Gasteiger charge is 1.94. The fourth-order valence-electron chi connectivity index (χ4n) is 0.831. The molecule has 0 heterocycles. The average Bonchev–Trinajstić information content (AvgIpc) is 2.06. The van der Waals surface area contributed by atoms with Gasteiger partial charge in [-0.2, -0.15) is 0 Å². The number of ether oxygens (including phenoxy) is 1. The van der Waals surface area contributed by atoms with Crippen LogP contribution in [-0.4, -0.2) is 15.0 Å². The zero-order valence-electron chi connectivity index (χ0n) is 6.69. The Hall–Kier alpha value is -1.03. The molecule has 0 spiro atoms. The summed E-state index contributed by atoms with van der Waals surface area (Å²) in [5, 5.41) is 0. The third-order valence-corrected chi connectivity index (χ3v) is 2.08. The highest BCUT2D eigenvalue weighted by atomic mass is 32.2. The molecule has 0 bridgehead atoms.